The molecule has 0 aromatic rings. The van der Waals surface area contributed by atoms with Crippen LogP contribution in [0.5, 0.6) is 0 Å². The third-order valence-electron chi connectivity index (χ3n) is 0.0667. The summed E-state index contributed by atoms with van der Waals surface area (Å²) in [6.07, 6.45) is 2.50. The molecule has 0 fully saturated rings. The van der Waals surface area contributed by atoms with Crippen molar-refractivity contribution in [1.29, 1.82) is 0 Å². The van der Waals surface area contributed by atoms with Crippen molar-refractivity contribution in [3.8, 4) is 0 Å². The van der Waals surface area contributed by atoms with Gasteiger partial charge in [0.25, 0.3) is 0 Å². The Morgan fingerprint density at radius 1 is 0.909 bits per heavy atom. The van der Waals surface area contributed by atoms with E-state index in [1.54, 1.807) is 0 Å². The molecule has 0 saturated carbocycles. The second-order valence-corrected chi connectivity index (χ2v) is 2.60. The Balaban J connectivity index is -0.0000000933. The minimum atomic E-state index is -0.545. The van der Waals surface area contributed by atoms with Crippen LogP contribution in [0.25, 0.3) is 0 Å². The van der Waals surface area contributed by atoms with Gasteiger partial charge in [0, 0.05) is 0 Å². The highest BCUT2D eigenvalue weighted by molar-refractivity contribution is 7.32. The van der Waals surface area contributed by atoms with Crippen molar-refractivity contribution in [2.24, 2.45) is 0 Å². The molecule has 11 heavy (non-hydrogen) atoms. The molecule has 5 heteroatoms. The monoisotopic (exact) mass is 198 g/mol. The molecule has 0 radical (unpaired) electrons. The summed E-state index contributed by atoms with van der Waals surface area (Å²) in [6.45, 7) is 8.50. The smallest absolute Gasteiger partial charge is 0.240 e. The maximum Gasteiger partial charge on any atom is 0.339 e. The molecule has 0 aliphatic carbocycles. The van der Waals surface area contributed by atoms with E-state index in [1.807, 2.05) is 0 Å². The van der Waals surface area contributed by atoms with Crippen LogP contribution in [-0.2, 0) is 13.4 Å². The third-order valence-corrected chi connectivity index (χ3v) is 0.600. The van der Waals surface area contributed by atoms with Crippen LogP contribution < -0.4 is 0 Å². The van der Waals surface area contributed by atoms with Crippen molar-refractivity contribution in [2.45, 2.75) is 40.5 Å². The topological polar surface area (TPSA) is 43.4 Å². The largest absolute Gasteiger partial charge is 0.339 e. The van der Waals surface area contributed by atoms with E-state index in [4.69, 9.17) is 9.13 Å². The maximum atomic E-state index is 9.07. The lowest BCUT2D eigenvalue weighted by Crippen LogP contribution is -1.27. The molecule has 68 valence electrons. The molecule has 0 rings (SSSR count). The lowest BCUT2D eigenvalue weighted by atomic mass is 10.6. The summed E-state index contributed by atoms with van der Waals surface area (Å²) < 4.78 is 21.8. The second-order valence-electron chi connectivity index (χ2n) is 1.64. The average Bonchev–Trinajstić information content (AvgIpc) is 1.92. The molecule has 0 aromatic heterocycles. The molecule has 0 saturated heterocycles. The van der Waals surface area contributed by atoms with Gasteiger partial charge < -0.3 is 0 Å². The van der Waals surface area contributed by atoms with Crippen molar-refractivity contribution in [1.82, 2.24) is 0 Å². The molecule has 0 aliphatic heterocycles. The Bertz CT molecular complexity index is 60.8. The standard InChI is InChI=1S/2C3H8.O3P2/c2*1-3-2;1-4-3-5-2/h2*3H2,1-2H3;. The van der Waals surface area contributed by atoms with Gasteiger partial charge in [0.15, 0.2) is 0 Å². The normalized spacial score (nSPS) is 7.64. The molecule has 0 bridgehead atoms. The van der Waals surface area contributed by atoms with Crippen LogP contribution >= 0.6 is 17.4 Å². The lowest BCUT2D eigenvalue weighted by Gasteiger charge is -1.54. The van der Waals surface area contributed by atoms with Gasteiger partial charge in [-0.1, -0.05) is 40.5 Å². The predicted octanol–water partition coefficient (Wildman–Crippen LogP) is 4.25. The van der Waals surface area contributed by atoms with Gasteiger partial charge in [-0.3, -0.25) is 0 Å². The predicted molar refractivity (Wildman–Crippen MR) is 48.2 cm³/mol. The van der Waals surface area contributed by atoms with E-state index in [-0.39, 0.29) is 0 Å². The minimum Gasteiger partial charge on any atom is -0.240 e. The van der Waals surface area contributed by atoms with E-state index in [1.165, 1.54) is 12.8 Å². The van der Waals surface area contributed by atoms with Gasteiger partial charge >= 0.3 is 17.4 Å². The van der Waals surface area contributed by atoms with Gasteiger partial charge in [-0.2, -0.15) is 4.31 Å². The minimum absolute atomic E-state index is 0.545. The number of rotatable bonds is 2. The number of hydrogen-bond acceptors (Lipinski definition) is 3. The van der Waals surface area contributed by atoms with Crippen LogP contribution in [0, 0.1) is 0 Å². The molecule has 0 aromatic carbocycles. The Kier molecular flexibility index (Phi) is 50.4. The van der Waals surface area contributed by atoms with E-state index < -0.39 is 17.4 Å². The summed E-state index contributed by atoms with van der Waals surface area (Å²) >= 11 is 0. The summed E-state index contributed by atoms with van der Waals surface area (Å²) in [7, 11) is -1.09. The first-order valence-corrected chi connectivity index (χ1v) is 5.02. The van der Waals surface area contributed by atoms with E-state index >= 15 is 0 Å². The molecular weight excluding hydrogens is 182 g/mol. The zero-order valence-corrected chi connectivity index (χ0v) is 9.32. The zero-order chi connectivity index (χ0) is 9.54. The Labute approximate surface area is 72.1 Å². The Hall–Kier alpha value is 0.160. The first-order chi connectivity index (χ1) is 5.24. The van der Waals surface area contributed by atoms with Gasteiger partial charge in [0.05, 0.1) is 0 Å². The summed E-state index contributed by atoms with van der Waals surface area (Å²) in [5, 5.41) is 0. The van der Waals surface area contributed by atoms with Crippen LogP contribution in [0.15, 0.2) is 0 Å². The van der Waals surface area contributed by atoms with Gasteiger partial charge in [-0.05, 0) is 0 Å². The SMILES string of the molecule is CCC.CCC.O=POP=O. The third kappa shape index (κ3) is 145. The summed E-state index contributed by atoms with van der Waals surface area (Å²) in [5.41, 5.74) is 0. The van der Waals surface area contributed by atoms with Gasteiger partial charge in [-0.25, -0.2) is 9.13 Å². The molecule has 0 heterocycles. The molecular formula is C6H16O3P2. The fraction of sp³-hybridized carbons (Fsp3) is 1.00. The van der Waals surface area contributed by atoms with Crippen molar-refractivity contribution in [3.05, 3.63) is 0 Å². The molecule has 0 N–H and O–H groups in total. The van der Waals surface area contributed by atoms with E-state index in [0.29, 0.717) is 0 Å². The maximum absolute atomic E-state index is 9.07. The molecule has 0 atom stereocenters. The van der Waals surface area contributed by atoms with Crippen LogP contribution in [0.1, 0.15) is 40.5 Å². The summed E-state index contributed by atoms with van der Waals surface area (Å²) in [5.74, 6) is 0. The average molecular weight is 198 g/mol. The fourth-order valence-corrected chi connectivity index (χ4v) is 0.122. The molecule has 3 nitrogen and oxygen atoms in total. The quantitative estimate of drug-likeness (QED) is 0.623. The molecule has 0 amide bonds. The highest BCUT2D eigenvalue weighted by Crippen LogP contribution is 2.04. The van der Waals surface area contributed by atoms with Crippen LogP contribution in [0.4, 0.5) is 0 Å². The lowest BCUT2D eigenvalue weighted by molar-refractivity contribution is 0.516. The van der Waals surface area contributed by atoms with Gasteiger partial charge in [-0.15, -0.1) is 0 Å². The van der Waals surface area contributed by atoms with Crippen LogP contribution in [0.2, 0.25) is 0 Å². The van der Waals surface area contributed by atoms with Crippen molar-refractivity contribution in [2.75, 3.05) is 0 Å². The molecule has 0 unspecified atom stereocenters. The van der Waals surface area contributed by atoms with E-state index in [9.17, 15) is 0 Å². The zero-order valence-electron chi connectivity index (χ0n) is 7.53. The number of hydrogen-bond donors (Lipinski definition) is 0. The molecule has 0 aliphatic rings. The Morgan fingerprint density at radius 3 is 1.09 bits per heavy atom. The van der Waals surface area contributed by atoms with E-state index in [0.717, 1.165) is 0 Å². The second kappa shape index (κ2) is 32.0. The summed E-state index contributed by atoms with van der Waals surface area (Å²) in [4.78, 5) is 0. The van der Waals surface area contributed by atoms with Crippen LogP contribution in [0.3, 0.4) is 0 Å². The Morgan fingerprint density at radius 2 is 1.09 bits per heavy atom. The van der Waals surface area contributed by atoms with E-state index in [2.05, 4.69) is 32.0 Å². The van der Waals surface area contributed by atoms with Gasteiger partial charge in [0.1, 0.15) is 0 Å². The van der Waals surface area contributed by atoms with Crippen molar-refractivity contribution < 1.29 is 13.4 Å². The highest BCUT2D eigenvalue weighted by Gasteiger charge is 1.67. The fourth-order valence-electron chi connectivity index (χ4n) is 0.0136. The molecule has 0 spiro atoms. The van der Waals surface area contributed by atoms with Crippen molar-refractivity contribution >= 4 is 17.4 Å². The van der Waals surface area contributed by atoms with Crippen molar-refractivity contribution in [3.63, 3.8) is 0 Å². The first-order valence-electron chi connectivity index (χ1n) is 3.56. The first kappa shape index (κ1) is 17.3. The summed E-state index contributed by atoms with van der Waals surface area (Å²) in [6, 6.07) is 0. The van der Waals surface area contributed by atoms with Crippen LogP contribution in [-0.4, -0.2) is 0 Å². The van der Waals surface area contributed by atoms with Gasteiger partial charge in [0.2, 0.25) is 0 Å². The highest BCUT2D eigenvalue weighted by atomic mass is 31.1.